The molecule has 2 amide bonds. The number of nitrogens with one attached hydrogen (secondary N) is 1. The first-order valence-electron chi connectivity index (χ1n) is 4.44. The zero-order valence-corrected chi connectivity index (χ0v) is 8.90. The fourth-order valence-corrected chi connectivity index (χ4v) is 1.26. The number of carbonyl (C=O) groups is 2. The Morgan fingerprint density at radius 1 is 1.44 bits per heavy atom. The molecular weight excluding hydrogens is 212 g/mol. The van der Waals surface area contributed by atoms with E-state index in [1.165, 1.54) is 26.2 Å². The largest absolute Gasteiger partial charge is 0.503 e. The minimum Gasteiger partial charge on any atom is -0.503 e. The number of primary amides is 1. The van der Waals surface area contributed by atoms with Gasteiger partial charge in [-0.25, -0.2) is 0 Å². The van der Waals surface area contributed by atoms with Crippen molar-refractivity contribution < 1.29 is 19.4 Å². The first kappa shape index (κ1) is 11.8. The lowest BCUT2D eigenvalue weighted by Gasteiger charge is -2.11. The van der Waals surface area contributed by atoms with Crippen molar-refractivity contribution in [2.45, 2.75) is 6.92 Å². The number of hydrogen-bond donors (Lipinski definition) is 3. The summed E-state index contributed by atoms with van der Waals surface area (Å²) in [5.74, 6) is -1.45. The molecule has 6 heteroatoms. The van der Waals surface area contributed by atoms with Crippen molar-refractivity contribution in [1.82, 2.24) is 0 Å². The van der Waals surface area contributed by atoms with E-state index in [1.54, 1.807) is 0 Å². The number of phenolic OH excluding ortho intramolecular Hbond substituents is 1. The Hall–Kier alpha value is -2.24. The number of ether oxygens (including phenoxy) is 1. The van der Waals surface area contributed by atoms with Gasteiger partial charge in [0.25, 0.3) is 5.91 Å². The van der Waals surface area contributed by atoms with Crippen LogP contribution in [0.25, 0.3) is 0 Å². The molecule has 4 N–H and O–H groups in total. The van der Waals surface area contributed by atoms with Crippen LogP contribution in [0, 0.1) is 0 Å². The fraction of sp³-hybridized carbons (Fsp3) is 0.200. The van der Waals surface area contributed by atoms with Gasteiger partial charge in [0.2, 0.25) is 5.91 Å². The Bertz CT molecular complexity index is 443. The highest BCUT2D eigenvalue weighted by molar-refractivity contribution is 5.99. The number of phenols is 1. The number of amides is 2. The number of aromatic hydroxyl groups is 1. The number of benzene rings is 1. The normalized spacial score (nSPS) is 9.62. The van der Waals surface area contributed by atoms with Crippen LogP contribution in [0.3, 0.4) is 0 Å². The van der Waals surface area contributed by atoms with Crippen LogP contribution in [-0.2, 0) is 4.79 Å². The number of rotatable bonds is 3. The summed E-state index contributed by atoms with van der Waals surface area (Å²) in [7, 11) is 1.29. The van der Waals surface area contributed by atoms with E-state index in [0.29, 0.717) is 0 Å². The van der Waals surface area contributed by atoms with Crippen molar-refractivity contribution in [2.24, 2.45) is 5.73 Å². The molecule has 1 aromatic carbocycles. The summed E-state index contributed by atoms with van der Waals surface area (Å²) in [4.78, 5) is 21.8. The second-order valence-corrected chi connectivity index (χ2v) is 3.09. The molecule has 0 aliphatic carbocycles. The Labute approximate surface area is 92.0 Å². The van der Waals surface area contributed by atoms with Crippen LogP contribution < -0.4 is 15.8 Å². The van der Waals surface area contributed by atoms with E-state index in [-0.39, 0.29) is 28.7 Å². The van der Waals surface area contributed by atoms with Crippen molar-refractivity contribution >= 4 is 17.5 Å². The minimum atomic E-state index is -0.721. The van der Waals surface area contributed by atoms with E-state index >= 15 is 0 Å². The molecule has 0 unspecified atom stereocenters. The van der Waals surface area contributed by atoms with Gasteiger partial charge in [-0.3, -0.25) is 9.59 Å². The predicted molar refractivity (Wildman–Crippen MR) is 57.5 cm³/mol. The van der Waals surface area contributed by atoms with Crippen molar-refractivity contribution in [1.29, 1.82) is 0 Å². The first-order valence-corrected chi connectivity index (χ1v) is 4.44. The summed E-state index contributed by atoms with van der Waals surface area (Å²) in [5.41, 5.74) is 5.30. The van der Waals surface area contributed by atoms with Crippen LogP contribution in [0.15, 0.2) is 12.1 Å². The van der Waals surface area contributed by atoms with Crippen molar-refractivity contribution in [3.8, 4) is 11.5 Å². The van der Waals surface area contributed by atoms with E-state index in [1.807, 2.05) is 0 Å². The van der Waals surface area contributed by atoms with Gasteiger partial charge in [0.05, 0.1) is 18.4 Å². The van der Waals surface area contributed by atoms with Crippen LogP contribution in [0.5, 0.6) is 11.5 Å². The standard InChI is InChI=1S/C10H12N2O4/c1-5(13)12-7-4-3-6(10(11)15)9(16-2)8(7)14/h3-4,14H,1-2H3,(H2,11,15)(H,12,13). The summed E-state index contributed by atoms with van der Waals surface area (Å²) in [6.45, 7) is 1.30. The molecule has 0 aromatic heterocycles. The van der Waals surface area contributed by atoms with Crippen LogP contribution in [0.2, 0.25) is 0 Å². The van der Waals surface area contributed by atoms with Crippen LogP contribution >= 0.6 is 0 Å². The summed E-state index contributed by atoms with van der Waals surface area (Å²) in [6, 6.07) is 2.74. The number of nitrogens with two attached hydrogens (primary N) is 1. The van der Waals surface area contributed by atoms with Gasteiger partial charge in [-0.1, -0.05) is 0 Å². The van der Waals surface area contributed by atoms with Crippen LogP contribution in [0.4, 0.5) is 5.69 Å². The molecule has 0 saturated carbocycles. The lowest BCUT2D eigenvalue weighted by molar-refractivity contribution is -0.114. The van der Waals surface area contributed by atoms with Crippen molar-refractivity contribution in [2.75, 3.05) is 12.4 Å². The zero-order valence-electron chi connectivity index (χ0n) is 8.90. The molecule has 86 valence electrons. The Kier molecular flexibility index (Phi) is 3.34. The molecule has 0 spiro atoms. The van der Waals surface area contributed by atoms with E-state index in [0.717, 1.165) is 0 Å². The molecular formula is C10H12N2O4. The Morgan fingerprint density at radius 3 is 2.50 bits per heavy atom. The highest BCUT2D eigenvalue weighted by atomic mass is 16.5. The minimum absolute atomic E-state index is 0.0501. The maximum Gasteiger partial charge on any atom is 0.252 e. The topological polar surface area (TPSA) is 102 Å². The quantitative estimate of drug-likeness (QED) is 0.649. The van der Waals surface area contributed by atoms with Crippen LogP contribution in [-0.4, -0.2) is 24.0 Å². The maximum absolute atomic E-state index is 11.0. The predicted octanol–water partition coefficient (Wildman–Crippen LogP) is 0.458. The average molecular weight is 224 g/mol. The lowest BCUT2D eigenvalue weighted by Crippen LogP contribution is -2.13. The number of hydrogen-bond acceptors (Lipinski definition) is 4. The van der Waals surface area contributed by atoms with Gasteiger partial charge in [-0.15, -0.1) is 0 Å². The van der Waals surface area contributed by atoms with Gasteiger partial charge in [0.15, 0.2) is 11.5 Å². The van der Waals surface area contributed by atoms with Gasteiger partial charge < -0.3 is 20.9 Å². The smallest absolute Gasteiger partial charge is 0.252 e. The van der Waals surface area contributed by atoms with Gasteiger partial charge in [-0.05, 0) is 12.1 Å². The summed E-state index contributed by atoms with van der Waals surface area (Å²) < 4.78 is 4.86. The molecule has 16 heavy (non-hydrogen) atoms. The Balaban J connectivity index is 3.28. The van der Waals surface area contributed by atoms with Gasteiger partial charge in [0.1, 0.15) is 0 Å². The Morgan fingerprint density at radius 2 is 2.06 bits per heavy atom. The second-order valence-electron chi connectivity index (χ2n) is 3.09. The molecule has 0 atom stereocenters. The summed E-state index contributed by atoms with van der Waals surface area (Å²) in [5, 5.41) is 12.1. The number of anilines is 1. The SMILES string of the molecule is COc1c(C(N)=O)ccc(NC(C)=O)c1O. The lowest BCUT2D eigenvalue weighted by atomic mass is 10.1. The highest BCUT2D eigenvalue weighted by Crippen LogP contribution is 2.36. The van der Waals surface area contributed by atoms with Gasteiger partial charge >= 0.3 is 0 Å². The molecule has 6 nitrogen and oxygen atoms in total. The molecule has 0 radical (unpaired) electrons. The van der Waals surface area contributed by atoms with Crippen molar-refractivity contribution in [3.63, 3.8) is 0 Å². The molecule has 0 aliphatic heterocycles. The van der Waals surface area contributed by atoms with E-state index < -0.39 is 5.91 Å². The van der Waals surface area contributed by atoms with Gasteiger partial charge in [0, 0.05) is 6.92 Å². The molecule has 0 aliphatic rings. The van der Waals surface area contributed by atoms with Crippen molar-refractivity contribution in [3.05, 3.63) is 17.7 Å². The second kappa shape index (κ2) is 4.52. The first-order chi connectivity index (χ1) is 7.47. The number of carbonyl (C=O) groups excluding carboxylic acids is 2. The van der Waals surface area contributed by atoms with E-state index in [2.05, 4.69) is 5.32 Å². The van der Waals surface area contributed by atoms with E-state index in [4.69, 9.17) is 10.5 Å². The van der Waals surface area contributed by atoms with E-state index in [9.17, 15) is 14.7 Å². The molecule has 0 bridgehead atoms. The molecule has 0 saturated heterocycles. The molecule has 1 aromatic rings. The molecule has 0 heterocycles. The highest BCUT2D eigenvalue weighted by Gasteiger charge is 2.17. The molecule has 1 rings (SSSR count). The number of methoxy groups -OCH3 is 1. The third-order valence-corrected chi connectivity index (χ3v) is 1.91. The van der Waals surface area contributed by atoms with Crippen LogP contribution in [0.1, 0.15) is 17.3 Å². The third kappa shape index (κ3) is 2.22. The molecule has 0 fully saturated rings. The monoisotopic (exact) mass is 224 g/mol. The van der Waals surface area contributed by atoms with Gasteiger partial charge in [-0.2, -0.15) is 0 Å². The fourth-order valence-electron chi connectivity index (χ4n) is 1.26. The summed E-state index contributed by atoms with van der Waals surface area (Å²) in [6.07, 6.45) is 0. The third-order valence-electron chi connectivity index (χ3n) is 1.91. The average Bonchev–Trinajstić information content (AvgIpc) is 2.19. The zero-order chi connectivity index (χ0) is 12.3. The maximum atomic E-state index is 11.0. The summed E-state index contributed by atoms with van der Waals surface area (Å²) >= 11 is 0.